The van der Waals surface area contributed by atoms with Gasteiger partial charge in [0.05, 0.1) is 5.92 Å². The highest BCUT2D eigenvalue weighted by Crippen LogP contribution is 2.48. The van der Waals surface area contributed by atoms with Gasteiger partial charge < -0.3 is 10.6 Å². The maximum atomic E-state index is 12.5. The Morgan fingerprint density at radius 1 is 1.24 bits per heavy atom. The van der Waals surface area contributed by atoms with E-state index in [0.29, 0.717) is 23.8 Å². The van der Waals surface area contributed by atoms with E-state index >= 15 is 0 Å². The van der Waals surface area contributed by atoms with Gasteiger partial charge in [-0.15, -0.1) is 12.4 Å². The van der Waals surface area contributed by atoms with Gasteiger partial charge in [-0.25, -0.2) is 0 Å². The van der Waals surface area contributed by atoms with Gasteiger partial charge in [0.1, 0.15) is 0 Å². The summed E-state index contributed by atoms with van der Waals surface area (Å²) in [4.78, 5) is 14.6. The number of halogens is 1. The molecule has 3 rings (SSSR count). The lowest BCUT2D eigenvalue weighted by atomic mass is 9.84. The van der Waals surface area contributed by atoms with Gasteiger partial charge in [-0.2, -0.15) is 0 Å². The molecule has 3 aliphatic rings. The summed E-state index contributed by atoms with van der Waals surface area (Å²) in [5.74, 6) is 1.75. The van der Waals surface area contributed by atoms with Crippen molar-refractivity contribution in [2.24, 2.45) is 23.5 Å². The number of hydrogen-bond donors (Lipinski definition) is 1. The molecule has 0 spiro atoms. The first-order valence-electron chi connectivity index (χ1n) is 6.74. The fourth-order valence-corrected chi connectivity index (χ4v) is 4.15. The van der Waals surface area contributed by atoms with Crippen molar-refractivity contribution in [1.82, 2.24) is 4.90 Å². The van der Waals surface area contributed by atoms with Crippen LogP contribution in [0, 0.1) is 17.8 Å². The number of amides is 1. The van der Waals surface area contributed by atoms with Crippen LogP contribution < -0.4 is 5.73 Å². The van der Waals surface area contributed by atoms with E-state index in [-0.39, 0.29) is 24.4 Å². The van der Waals surface area contributed by atoms with Crippen LogP contribution in [0.1, 0.15) is 39.0 Å². The van der Waals surface area contributed by atoms with E-state index in [1.807, 2.05) is 0 Å². The highest BCUT2D eigenvalue weighted by atomic mass is 35.5. The molecule has 1 aliphatic heterocycles. The molecule has 1 saturated heterocycles. The molecule has 17 heavy (non-hydrogen) atoms. The molecular weight excluding hydrogens is 236 g/mol. The topological polar surface area (TPSA) is 46.3 Å². The van der Waals surface area contributed by atoms with E-state index in [1.54, 1.807) is 0 Å². The highest BCUT2D eigenvalue weighted by Gasteiger charge is 2.50. The summed E-state index contributed by atoms with van der Waals surface area (Å²) >= 11 is 0. The molecule has 2 saturated carbocycles. The zero-order valence-electron chi connectivity index (χ0n) is 10.5. The van der Waals surface area contributed by atoms with E-state index in [9.17, 15) is 4.79 Å². The molecule has 0 aromatic heterocycles. The van der Waals surface area contributed by atoms with Crippen molar-refractivity contribution in [3.05, 3.63) is 0 Å². The second-order valence-electron chi connectivity index (χ2n) is 5.96. The third kappa shape index (κ3) is 1.97. The summed E-state index contributed by atoms with van der Waals surface area (Å²) in [6, 6.07) is 0.595. The summed E-state index contributed by atoms with van der Waals surface area (Å²) in [6.07, 6.45) is 6.03. The van der Waals surface area contributed by atoms with Crippen LogP contribution in [0.5, 0.6) is 0 Å². The predicted molar refractivity (Wildman–Crippen MR) is 70.0 cm³/mol. The van der Waals surface area contributed by atoms with Crippen LogP contribution in [0.15, 0.2) is 0 Å². The number of likely N-dealkylation sites (tertiary alicyclic amines) is 1. The van der Waals surface area contributed by atoms with Crippen LogP contribution in [-0.2, 0) is 4.79 Å². The van der Waals surface area contributed by atoms with Gasteiger partial charge in [0.25, 0.3) is 0 Å². The summed E-state index contributed by atoms with van der Waals surface area (Å²) < 4.78 is 0. The molecule has 1 amide bonds. The summed E-state index contributed by atoms with van der Waals surface area (Å²) in [6.45, 7) is 3.13. The first-order valence-corrected chi connectivity index (χ1v) is 6.74. The standard InChI is InChI=1S/C13H22N2O.ClH/c1-8-3-2-6-15(8)13(16)11-9-4-5-10(7-9)12(11)14;/h8-12H,2-7,14H2,1H3;1H. The zero-order chi connectivity index (χ0) is 11.3. The molecule has 2 bridgehead atoms. The molecule has 0 aromatic carbocycles. The first kappa shape index (κ1) is 13.2. The lowest BCUT2D eigenvalue weighted by molar-refractivity contribution is -0.138. The van der Waals surface area contributed by atoms with E-state index in [4.69, 9.17) is 5.73 Å². The lowest BCUT2D eigenvalue weighted by Crippen LogP contribution is -2.48. The van der Waals surface area contributed by atoms with E-state index in [0.717, 1.165) is 6.54 Å². The third-order valence-electron chi connectivity index (χ3n) is 5.10. The minimum Gasteiger partial charge on any atom is -0.340 e. The molecule has 2 N–H and O–H groups in total. The van der Waals surface area contributed by atoms with Crippen LogP contribution in [0.2, 0.25) is 0 Å². The molecule has 3 fully saturated rings. The third-order valence-corrected chi connectivity index (χ3v) is 5.10. The van der Waals surface area contributed by atoms with Crippen molar-refractivity contribution in [2.75, 3.05) is 6.54 Å². The molecule has 5 unspecified atom stereocenters. The summed E-state index contributed by atoms with van der Waals surface area (Å²) in [7, 11) is 0. The van der Waals surface area contributed by atoms with Gasteiger partial charge >= 0.3 is 0 Å². The molecule has 4 heteroatoms. The van der Waals surface area contributed by atoms with Crippen LogP contribution in [0.4, 0.5) is 0 Å². The van der Waals surface area contributed by atoms with E-state index < -0.39 is 0 Å². The summed E-state index contributed by atoms with van der Waals surface area (Å²) in [5.41, 5.74) is 6.23. The minimum absolute atomic E-state index is 0. The maximum absolute atomic E-state index is 12.5. The highest BCUT2D eigenvalue weighted by molar-refractivity contribution is 5.85. The molecule has 2 aliphatic carbocycles. The first-order chi connectivity index (χ1) is 7.68. The van der Waals surface area contributed by atoms with Crippen molar-refractivity contribution in [3.63, 3.8) is 0 Å². The second kappa shape index (κ2) is 4.77. The van der Waals surface area contributed by atoms with Crippen molar-refractivity contribution in [1.29, 1.82) is 0 Å². The monoisotopic (exact) mass is 258 g/mol. The van der Waals surface area contributed by atoms with Gasteiger partial charge in [-0.1, -0.05) is 0 Å². The average Bonchev–Trinajstić information content (AvgIpc) is 2.92. The molecule has 0 radical (unpaired) electrons. The van der Waals surface area contributed by atoms with E-state index in [1.165, 1.54) is 32.1 Å². The number of nitrogens with two attached hydrogens (primary N) is 1. The van der Waals surface area contributed by atoms with Gasteiger partial charge in [0.2, 0.25) is 5.91 Å². The number of fused-ring (bicyclic) bond motifs is 2. The predicted octanol–water partition coefficient (Wildman–Crippen LogP) is 1.79. The number of rotatable bonds is 1. The number of carbonyl (C=O) groups is 1. The van der Waals surface area contributed by atoms with Crippen LogP contribution in [-0.4, -0.2) is 29.4 Å². The number of carbonyl (C=O) groups excluding carboxylic acids is 1. The fraction of sp³-hybridized carbons (Fsp3) is 0.923. The van der Waals surface area contributed by atoms with Crippen molar-refractivity contribution < 1.29 is 4.79 Å². The Labute approximate surface area is 110 Å². The van der Waals surface area contributed by atoms with Crippen LogP contribution in [0.3, 0.4) is 0 Å². The molecule has 3 nitrogen and oxygen atoms in total. The maximum Gasteiger partial charge on any atom is 0.227 e. The van der Waals surface area contributed by atoms with Crippen molar-refractivity contribution >= 4 is 18.3 Å². The molecule has 5 atom stereocenters. The Balaban J connectivity index is 0.00000108. The van der Waals surface area contributed by atoms with Gasteiger partial charge in [0.15, 0.2) is 0 Å². The zero-order valence-corrected chi connectivity index (χ0v) is 11.3. The Kier molecular flexibility index (Phi) is 3.69. The molecule has 98 valence electrons. The van der Waals surface area contributed by atoms with E-state index in [2.05, 4.69) is 11.8 Å². The van der Waals surface area contributed by atoms with Gasteiger partial charge in [-0.3, -0.25) is 4.79 Å². The Morgan fingerprint density at radius 3 is 2.47 bits per heavy atom. The minimum atomic E-state index is 0. The Hall–Kier alpha value is -0.280. The SMILES string of the molecule is CC1CCCN1C(=O)C1C2CCC(C2)C1N.Cl. The lowest BCUT2D eigenvalue weighted by Gasteiger charge is -2.32. The van der Waals surface area contributed by atoms with Gasteiger partial charge in [0, 0.05) is 18.6 Å². The number of nitrogens with zero attached hydrogens (tertiary/aromatic N) is 1. The van der Waals surface area contributed by atoms with Crippen molar-refractivity contribution in [3.8, 4) is 0 Å². The Morgan fingerprint density at radius 2 is 1.94 bits per heavy atom. The Bertz CT molecular complexity index is 308. The molecule has 0 aromatic rings. The quantitative estimate of drug-likeness (QED) is 0.780. The van der Waals surface area contributed by atoms with Crippen LogP contribution >= 0.6 is 12.4 Å². The van der Waals surface area contributed by atoms with Crippen LogP contribution in [0.25, 0.3) is 0 Å². The molecular formula is C13H23ClN2O. The van der Waals surface area contributed by atoms with Crippen molar-refractivity contribution in [2.45, 2.75) is 51.1 Å². The fourth-order valence-electron chi connectivity index (χ4n) is 4.15. The number of hydrogen-bond acceptors (Lipinski definition) is 2. The largest absolute Gasteiger partial charge is 0.340 e. The van der Waals surface area contributed by atoms with Gasteiger partial charge in [-0.05, 0) is 50.9 Å². The second-order valence-corrected chi connectivity index (χ2v) is 5.96. The normalized spacial score (nSPS) is 43.9. The average molecular weight is 259 g/mol. The molecule has 1 heterocycles. The summed E-state index contributed by atoms with van der Waals surface area (Å²) in [5, 5.41) is 0. The smallest absolute Gasteiger partial charge is 0.227 e.